The third-order valence-corrected chi connectivity index (χ3v) is 13.0. The standard InChI is InChI=1S/C28H40O6.C27H39NO6/c1-8-22(29)16-31-23-14-19(4)25-21(15-23)10-9-11-24-26(34-28(6,7)33-24)18(3)13-12-17(2)20(5)32-27(25)30;1-16-10-11-17(2)25-23(33-27(5,6)34-25)9-7-8-20-13-22(31-15-21(29)14-28)12-18(3)24(20)26(30)32-19(16)4/h9-10,12-15,17-18,20,22,24,26,29H,8,11,16H2,1-7H3;7-8,10-13,16-17,19,21,23,25,29H,9,14-15,28H2,1-6H3/b10-9+,13-12-;8-7+,11-10-/t17-,18?,20+,22?,24+,26?;16-,17?,19+,21?,23+,25?/m11/s1. The van der Waals surface area contributed by atoms with Crippen molar-refractivity contribution in [2.24, 2.45) is 29.4 Å². The molecule has 2 fully saturated rings. The van der Waals surface area contributed by atoms with Crippen LogP contribution in [0.3, 0.4) is 0 Å². The molecule has 2 aromatic carbocycles. The number of cyclic esters (lactones) is 2. The fourth-order valence-corrected chi connectivity index (χ4v) is 8.66. The first-order valence-corrected chi connectivity index (χ1v) is 24.4. The maximum atomic E-state index is 13.2. The summed E-state index contributed by atoms with van der Waals surface area (Å²) in [7, 11) is 0. The van der Waals surface area contributed by atoms with Crippen LogP contribution in [0.2, 0.25) is 0 Å². The molecule has 2 aromatic rings. The van der Waals surface area contributed by atoms with E-state index in [9.17, 15) is 19.8 Å². The lowest BCUT2D eigenvalue weighted by atomic mass is 9.94. The minimum Gasteiger partial charge on any atom is -0.491 e. The quantitative estimate of drug-likeness (QED) is 0.169. The van der Waals surface area contributed by atoms with Gasteiger partial charge in [0, 0.05) is 30.2 Å². The zero-order chi connectivity index (χ0) is 50.1. The van der Waals surface area contributed by atoms with Crippen LogP contribution in [0.1, 0.15) is 138 Å². The average Bonchev–Trinajstić information content (AvgIpc) is 3.77. The summed E-state index contributed by atoms with van der Waals surface area (Å²) >= 11 is 0. The lowest BCUT2D eigenvalue weighted by Crippen LogP contribution is -2.29. The molecule has 0 aliphatic carbocycles. The molecule has 13 heteroatoms. The minimum atomic E-state index is -0.758. The summed E-state index contributed by atoms with van der Waals surface area (Å²) in [4.78, 5) is 26.4. The second-order valence-corrected chi connectivity index (χ2v) is 20.0. The summed E-state index contributed by atoms with van der Waals surface area (Å²) in [6.45, 7) is 25.9. The molecule has 0 radical (unpaired) electrons. The predicted octanol–water partition coefficient (Wildman–Crippen LogP) is 9.46. The number of carbonyl (C=O) groups excluding carboxylic acids is 2. The van der Waals surface area contributed by atoms with Crippen LogP contribution < -0.4 is 15.2 Å². The van der Waals surface area contributed by atoms with Gasteiger partial charge in [-0.15, -0.1) is 0 Å². The zero-order valence-electron chi connectivity index (χ0n) is 42.7. The van der Waals surface area contributed by atoms with Crippen LogP contribution in [0.15, 0.2) is 60.7 Å². The molecule has 4 N–H and O–H groups in total. The molecule has 0 bridgehead atoms. The number of fused-ring (bicyclic) bond motifs is 4. The van der Waals surface area contributed by atoms with Crippen molar-refractivity contribution < 1.29 is 57.7 Å². The summed E-state index contributed by atoms with van der Waals surface area (Å²) in [5.74, 6) is -0.506. The third-order valence-electron chi connectivity index (χ3n) is 13.0. The first-order valence-electron chi connectivity index (χ1n) is 24.4. The molecule has 13 nitrogen and oxygen atoms in total. The molecule has 68 heavy (non-hydrogen) atoms. The first-order chi connectivity index (χ1) is 32.0. The number of rotatable bonds is 8. The third kappa shape index (κ3) is 14.8. The van der Waals surface area contributed by atoms with Crippen LogP contribution in [-0.2, 0) is 28.4 Å². The van der Waals surface area contributed by atoms with Crippen molar-refractivity contribution in [1.29, 1.82) is 0 Å². The van der Waals surface area contributed by atoms with Crippen molar-refractivity contribution in [3.05, 3.63) is 94.1 Å². The van der Waals surface area contributed by atoms with Gasteiger partial charge in [-0.05, 0) is 121 Å². The highest BCUT2D eigenvalue weighted by Gasteiger charge is 2.44. The SMILES string of the molecule is CCC(O)COc1cc(C)c2c(c1)/C=C/C[C@@H]1OC(C)(C)OC1C(C)/C=C\[C@@H](C)[C@H](C)OC2=O.Cc1cc(OCC(O)CN)cc2c1C(=O)O[C@@H](C)[C@H](C)/C=C\C(C)C1OC(C)(C)O[C@H]1C/C=C/2. The molecule has 0 saturated carbocycles. The largest absolute Gasteiger partial charge is 0.491 e. The van der Waals surface area contributed by atoms with E-state index in [-0.39, 0.29) is 92.0 Å². The smallest absolute Gasteiger partial charge is 0.339 e. The van der Waals surface area contributed by atoms with E-state index in [2.05, 4.69) is 38.2 Å². The molecule has 2 saturated heterocycles. The Labute approximate surface area is 405 Å². The summed E-state index contributed by atoms with van der Waals surface area (Å²) < 4.78 is 48.1. The number of aliphatic hydroxyl groups is 2. The van der Waals surface area contributed by atoms with Crippen molar-refractivity contribution in [3.63, 3.8) is 0 Å². The Balaban J connectivity index is 0.000000254. The number of hydrogen-bond acceptors (Lipinski definition) is 13. The van der Waals surface area contributed by atoms with Crippen molar-refractivity contribution >= 4 is 24.1 Å². The van der Waals surface area contributed by atoms with Gasteiger partial charge in [0.25, 0.3) is 0 Å². The average molecular weight is 946 g/mol. The number of aryl methyl sites for hydroxylation is 2. The van der Waals surface area contributed by atoms with Gasteiger partial charge in [-0.1, -0.05) is 83.2 Å². The fourth-order valence-electron chi connectivity index (χ4n) is 8.66. The van der Waals surface area contributed by atoms with E-state index in [4.69, 9.17) is 43.6 Å². The Kier molecular flexibility index (Phi) is 19.3. The Bertz CT molecular complexity index is 1990. The maximum Gasteiger partial charge on any atom is 0.339 e. The molecule has 0 amide bonds. The Hall–Kier alpha value is -4.34. The lowest BCUT2D eigenvalue weighted by molar-refractivity contribution is -0.148. The summed E-state index contributed by atoms with van der Waals surface area (Å²) in [5, 5.41) is 19.7. The highest BCUT2D eigenvalue weighted by atomic mass is 16.8. The Morgan fingerprint density at radius 2 is 1.00 bits per heavy atom. The van der Waals surface area contributed by atoms with E-state index in [1.807, 2.05) is 113 Å². The molecule has 4 aliphatic heterocycles. The predicted molar refractivity (Wildman–Crippen MR) is 264 cm³/mol. The van der Waals surface area contributed by atoms with Gasteiger partial charge >= 0.3 is 11.9 Å². The Morgan fingerprint density at radius 1 is 0.618 bits per heavy atom. The topological polar surface area (TPSA) is 174 Å². The molecular formula is C55H79NO12. The molecule has 4 heterocycles. The van der Waals surface area contributed by atoms with Gasteiger partial charge in [-0.2, -0.15) is 0 Å². The maximum absolute atomic E-state index is 13.2. The van der Waals surface area contributed by atoms with Gasteiger partial charge in [0.15, 0.2) is 11.6 Å². The number of esters is 2. The highest BCUT2D eigenvalue weighted by molar-refractivity contribution is 5.96. The Morgan fingerprint density at radius 3 is 1.38 bits per heavy atom. The van der Waals surface area contributed by atoms with E-state index in [1.165, 1.54) is 0 Å². The first kappa shape index (κ1) is 54.6. The summed E-state index contributed by atoms with van der Waals surface area (Å²) in [5.41, 5.74) is 9.42. The second kappa shape index (κ2) is 24.0. The number of carbonyl (C=O) groups is 2. The van der Waals surface area contributed by atoms with Crippen molar-refractivity contribution in [2.45, 2.75) is 170 Å². The van der Waals surface area contributed by atoms with Crippen molar-refractivity contribution in [1.82, 2.24) is 0 Å². The summed E-state index contributed by atoms with van der Waals surface area (Å²) in [6, 6.07) is 7.22. The van der Waals surface area contributed by atoms with Crippen LogP contribution >= 0.6 is 0 Å². The van der Waals surface area contributed by atoms with Crippen LogP contribution in [0.25, 0.3) is 12.2 Å². The normalized spacial score (nSPS) is 32.0. The van der Waals surface area contributed by atoms with Crippen LogP contribution in [-0.4, -0.2) is 102 Å². The molecule has 6 unspecified atom stereocenters. The fraction of sp³-hybridized carbons (Fsp3) is 0.600. The summed E-state index contributed by atoms with van der Waals surface area (Å²) in [6.07, 6.45) is 15.9. The second-order valence-electron chi connectivity index (χ2n) is 20.0. The van der Waals surface area contributed by atoms with Gasteiger partial charge in [-0.3, -0.25) is 0 Å². The van der Waals surface area contributed by atoms with E-state index in [1.54, 1.807) is 12.1 Å². The minimum absolute atomic E-state index is 0.0303. The molecule has 376 valence electrons. The number of aliphatic hydroxyl groups excluding tert-OH is 2. The number of benzene rings is 2. The highest BCUT2D eigenvalue weighted by Crippen LogP contribution is 2.37. The lowest BCUT2D eigenvalue weighted by Gasteiger charge is -2.23. The monoisotopic (exact) mass is 946 g/mol. The zero-order valence-corrected chi connectivity index (χ0v) is 42.7. The number of nitrogens with two attached hydrogens (primary N) is 1. The molecule has 0 aromatic heterocycles. The molecular weight excluding hydrogens is 867 g/mol. The molecule has 12 atom stereocenters. The molecule has 0 spiro atoms. The van der Waals surface area contributed by atoms with Crippen molar-refractivity contribution in [3.8, 4) is 11.5 Å². The van der Waals surface area contributed by atoms with Crippen LogP contribution in [0.5, 0.6) is 11.5 Å². The van der Waals surface area contributed by atoms with Gasteiger partial charge < -0.3 is 53.8 Å². The van der Waals surface area contributed by atoms with E-state index in [0.29, 0.717) is 47.5 Å². The van der Waals surface area contributed by atoms with E-state index >= 15 is 0 Å². The van der Waals surface area contributed by atoms with E-state index < -0.39 is 23.8 Å². The van der Waals surface area contributed by atoms with Gasteiger partial charge in [0.2, 0.25) is 0 Å². The molecule has 4 aliphatic rings. The van der Waals surface area contributed by atoms with Crippen molar-refractivity contribution in [2.75, 3.05) is 19.8 Å². The number of hydrogen-bond donors (Lipinski definition) is 3. The van der Waals surface area contributed by atoms with Gasteiger partial charge in [-0.25, -0.2) is 9.59 Å². The van der Waals surface area contributed by atoms with Crippen LogP contribution in [0, 0.1) is 37.5 Å². The number of ether oxygens (including phenoxy) is 8. The van der Waals surface area contributed by atoms with Crippen LogP contribution in [0.4, 0.5) is 0 Å². The van der Waals surface area contributed by atoms with E-state index in [0.717, 1.165) is 16.7 Å². The van der Waals surface area contributed by atoms with Gasteiger partial charge in [0.1, 0.15) is 43.0 Å². The van der Waals surface area contributed by atoms with Gasteiger partial charge in [0.05, 0.1) is 41.6 Å². The molecule has 6 rings (SSSR count).